The summed E-state index contributed by atoms with van der Waals surface area (Å²) in [4.78, 5) is 0. The monoisotopic (exact) mass is 188 g/mol. The molecular formula is C6H18AlLiO4+4. The summed E-state index contributed by atoms with van der Waals surface area (Å²) in [7, 11) is 2.90. The van der Waals surface area contributed by atoms with Gasteiger partial charge in [0.2, 0.25) is 0 Å². The number of rotatable bonds is 2. The fraction of sp³-hybridized carbons (Fsp3) is 1.00. The summed E-state index contributed by atoms with van der Waals surface area (Å²) in [5.41, 5.74) is 0. The number of hydrogen-bond acceptors (Lipinski definition) is 4. The van der Waals surface area contributed by atoms with Gasteiger partial charge in [0.15, 0.2) is 12.6 Å². The van der Waals surface area contributed by atoms with Crippen LogP contribution in [0.1, 0.15) is 15.3 Å². The summed E-state index contributed by atoms with van der Waals surface area (Å²) >= 11 is 0. The Morgan fingerprint density at radius 3 is 1.08 bits per heavy atom. The molecule has 0 heterocycles. The predicted octanol–water partition coefficient (Wildman–Crippen LogP) is -3.19. The maximum atomic E-state index is 8.14. The normalized spacial score (nSPS) is 12.5. The Morgan fingerprint density at radius 1 is 1.00 bits per heavy atom. The molecule has 0 aliphatic rings. The van der Waals surface area contributed by atoms with Crippen molar-refractivity contribution < 1.29 is 40.0 Å². The molecule has 2 N–H and O–H groups in total. The molecule has 66 valence electrons. The van der Waals surface area contributed by atoms with Crippen molar-refractivity contribution in [2.45, 2.75) is 26.4 Å². The van der Waals surface area contributed by atoms with Gasteiger partial charge >= 0.3 is 36.2 Å². The van der Waals surface area contributed by atoms with E-state index in [9.17, 15) is 0 Å². The quantitative estimate of drug-likeness (QED) is 0.354. The second-order valence-electron chi connectivity index (χ2n) is 1.67. The third kappa shape index (κ3) is 44.1. The fourth-order valence-electron chi connectivity index (χ4n) is 0. The molecule has 0 amide bonds. The maximum Gasteiger partial charge on any atom is 3.00 e. The van der Waals surface area contributed by atoms with Crippen LogP contribution in [0.25, 0.3) is 0 Å². The van der Waals surface area contributed by atoms with Gasteiger partial charge in [-0.3, -0.25) is 0 Å². The SMILES string of the molecule is COC(C)O.COC(C)O.[Al+3].[HH].[Li+]. The molecule has 0 spiro atoms. The van der Waals surface area contributed by atoms with Gasteiger partial charge in [0.25, 0.3) is 0 Å². The Hall–Kier alpha value is 0.970. The number of ether oxygens (including phenoxy) is 2. The zero-order chi connectivity index (χ0) is 8.57. The van der Waals surface area contributed by atoms with E-state index in [-0.39, 0.29) is 37.6 Å². The second kappa shape index (κ2) is 17.9. The van der Waals surface area contributed by atoms with Crippen molar-refractivity contribution in [3.63, 3.8) is 0 Å². The number of hydrogen-bond donors (Lipinski definition) is 2. The van der Waals surface area contributed by atoms with E-state index < -0.39 is 12.6 Å². The first kappa shape index (κ1) is 23.1. The molecule has 0 aromatic carbocycles. The average molecular weight is 188 g/mol. The molecule has 2 unspecified atom stereocenters. The third-order valence-corrected chi connectivity index (χ3v) is 0.682. The van der Waals surface area contributed by atoms with E-state index in [2.05, 4.69) is 9.47 Å². The van der Waals surface area contributed by atoms with Crippen molar-refractivity contribution in [1.82, 2.24) is 0 Å². The van der Waals surface area contributed by atoms with Gasteiger partial charge in [-0.1, -0.05) is 0 Å². The molecule has 0 radical (unpaired) electrons. The van der Waals surface area contributed by atoms with E-state index in [1.165, 1.54) is 14.2 Å². The van der Waals surface area contributed by atoms with Crippen molar-refractivity contribution in [2.75, 3.05) is 14.2 Å². The van der Waals surface area contributed by atoms with Crippen LogP contribution < -0.4 is 18.9 Å². The van der Waals surface area contributed by atoms with Gasteiger partial charge in [-0.15, -0.1) is 0 Å². The Morgan fingerprint density at radius 2 is 1.08 bits per heavy atom. The summed E-state index contributed by atoms with van der Waals surface area (Å²) in [5.74, 6) is 0. The zero-order valence-electron chi connectivity index (χ0n) is 8.44. The summed E-state index contributed by atoms with van der Waals surface area (Å²) < 4.78 is 8.61. The molecule has 0 aliphatic heterocycles. The molecule has 0 aromatic rings. The van der Waals surface area contributed by atoms with Crippen LogP contribution in [0.15, 0.2) is 0 Å². The van der Waals surface area contributed by atoms with Crippen LogP contribution in [-0.4, -0.2) is 54.4 Å². The van der Waals surface area contributed by atoms with Gasteiger partial charge in [0.05, 0.1) is 0 Å². The Kier molecular flexibility index (Phi) is 34.5. The Bertz CT molecular complexity index is 60.6. The standard InChI is InChI=1S/2C3H8O2.Al.Li.H2/c2*1-3(4)5-2;;;/h2*3-4H,1-2H3;;;1H/q;;+3;+1;. The first-order chi connectivity index (χ1) is 4.54. The van der Waals surface area contributed by atoms with Gasteiger partial charge in [0.1, 0.15) is 0 Å². The van der Waals surface area contributed by atoms with Gasteiger partial charge in [-0.2, -0.15) is 0 Å². The minimum absolute atomic E-state index is 0. The molecule has 4 nitrogen and oxygen atoms in total. The molecular weight excluding hydrogens is 170 g/mol. The molecule has 0 saturated carbocycles. The van der Waals surface area contributed by atoms with E-state index in [1.807, 2.05) is 0 Å². The molecule has 12 heavy (non-hydrogen) atoms. The van der Waals surface area contributed by atoms with E-state index in [1.54, 1.807) is 13.8 Å². The van der Waals surface area contributed by atoms with Gasteiger partial charge < -0.3 is 19.7 Å². The minimum Gasteiger partial charge on any atom is -0.368 e. The summed E-state index contributed by atoms with van der Waals surface area (Å²) in [6.07, 6.45) is -1.23. The van der Waals surface area contributed by atoms with Crippen LogP contribution >= 0.6 is 0 Å². The Labute approximate surface area is 98.0 Å². The summed E-state index contributed by atoms with van der Waals surface area (Å²) in [5, 5.41) is 16.3. The van der Waals surface area contributed by atoms with Gasteiger partial charge in [0, 0.05) is 15.6 Å². The van der Waals surface area contributed by atoms with Crippen molar-refractivity contribution in [1.29, 1.82) is 0 Å². The predicted molar refractivity (Wildman–Crippen MR) is 45.2 cm³/mol. The van der Waals surface area contributed by atoms with Crippen molar-refractivity contribution in [3.8, 4) is 0 Å². The molecule has 0 fully saturated rings. The van der Waals surface area contributed by atoms with Crippen LogP contribution in [0, 0.1) is 0 Å². The number of aliphatic hydroxyl groups is 2. The molecule has 2 atom stereocenters. The van der Waals surface area contributed by atoms with Crippen LogP contribution in [0.5, 0.6) is 0 Å². The Balaban J connectivity index is -0.0000000267. The van der Waals surface area contributed by atoms with Crippen LogP contribution in [-0.2, 0) is 9.47 Å². The zero-order valence-corrected chi connectivity index (χ0v) is 9.60. The summed E-state index contributed by atoms with van der Waals surface area (Å²) in [6, 6.07) is 0. The first-order valence-corrected chi connectivity index (χ1v) is 2.96. The number of methoxy groups -OCH3 is 2. The second-order valence-corrected chi connectivity index (χ2v) is 1.67. The molecule has 0 saturated heterocycles. The first-order valence-electron chi connectivity index (χ1n) is 2.96. The molecule has 0 aliphatic carbocycles. The van der Waals surface area contributed by atoms with Crippen LogP contribution in [0.3, 0.4) is 0 Å². The minimum atomic E-state index is -0.616. The van der Waals surface area contributed by atoms with Gasteiger partial charge in [-0.05, 0) is 13.8 Å². The maximum absolute atomic E-state index is 8.14. The van der Waals surface area contributed by atoms with Gasteiger partial charge in [-0.25, -0.2) is 0 Å². The third-order valence-electron chi connectivity index (χ3n) is 0.682. The fourth-order valence-corrected chi connectivity index (χ4v) is 0. The van der Waals surface area contributed by atoms with Crippen molar-refractivity contribution >= 4 is 17.4 Å². The van der Waals surface area contributed by atoms with E-state index in [0.717, 1.165) is 0 Å². The molecule has 0 rings (SSSR count). The molecule has 6 heteroatoms. The van der Waals surface area contributed by atoms with E-state index >= 15 is 0 Å². The smallest absolute Gasteiger partial charge is 0.368 e. The van der Waals surface area contributed by atoms with Crippen molar-refractivity contribution in [3.05, 3.63) is 0 Å². The van der Waals surface area contributed by atoms with Crippen LogP contribution in [0.4, 0.5) is 0 Å². The van der Waals surface area contributed by atoms with E-state index in [4.69, 9.17) is 10.2 Å². The molecule has 0 aromatic heterocycles. The summed E-state index contributed by atoms with van der Waals surface area (Å²) in [6.45, 7) is 3.11. The molecule has 0 bridgehead atoms. The largest absolute Gasteiger partial charge is 3.00 e. The van der Waals surface area contributed by atoms with Crippen LogP contribution in [0.2, 0.25) is 0 Å². The average Bonchev–Trinajstić information content (AvgIpc) is 1.89. The number of aliphatic hydroxyl groups excluding tert-OH is 2. The van der Waals surface area contributed by atoms with Crippen molar-refractivity contribution in [2.24, 2.45) is 0 Å². The topological polar surface area (TPSA) is 58.9 Å². The van der Waals surface area contributed by atoms with E-state index in [0.29, 0.717) is 0 Å².